The van der Waals surface area contributed by atoms with Crippen LogP contribution in [0.1, 0.15) is 5.76 Å². The molecule has 0 amide bonds. The maximum Gasteiger partial charge on any atom is 0.392 e. The average Bonchev–Trinajstić information content (AvgIpc) is 2.69. The second-order valence-electron chi connectivity index (χ2n) is 2.97. The quantitative estimate of drug-likeness (QED) is 0.563. The van der Waals surface area contributed by atoms with E-state index in [9.17, 15) is 5.21 Å². The molecule has 2 rings (SSSR count). The van der Waals surface area contributed by atoms with Crippen LogP contribution >= 0.6 is 0 Å². The highest BCUT2D eigenvalue weighted by Crippen LogP contribution is 2.03. The van der Waals surface area contributed by atoms with Crippen molar-refractivity contribution in [1.29, 1.82) is 0 Å². The molecule has 0 fully saturated rings. The smallest absolute Gasteiger partial charge is 0.392 e. The molecule has 0 aromatic carbocycles. The maximum atomic E-state index is 11.3. The molecular formula is C9H10N4O2. The van der Waals surface area contributed by atoms with Gasteiger partial charge in [0.05, 0.1) is 18.1 Å². The van der Waals surface area contributed by atoms with E-state index >= 15 is 0 Å². The minimum absolute atomic E-state index is 0.195. The number of anilines is 2. The molecule has 2 aromatic heterocycles. The standard InChI is InChI=1S/C9H10N4O2/c10-7-4-11-9(13(14)6-7)12-5-8-2-1-3-15-8/h1-4,6H,5,10H2,(H,11,12). The Morgan fingerprint density at radius 3 is 3.13 bits per heavy atom. The summed E-state index contributed by atoms with van der Waals surface area (Å²) in [5.41, 5.74) is 5.72. The van der Waals surface area contributed by atoms with Crippen molar-refractivity contribution in [3.63, 3.8) is 0 Å². The van der Waals surface area contributed by atoms with Gasteiger partial charge in [0.15, 0.2) is 0 Å². The Bertz CT molecular complexity index is 441. The average molecular weight is 206 g/mol. The normalized spacial score (nSPS) is 10.1. The van der Waals surface area contributed by atoms with Crippen LogP contribution in [-0.4, -0.2) is 4.98 Å². The van der Waals surface area contributed by atoms with Crippen molar-refractivity contribution in [2.24, 2.45) is 0 Å². The first-order valence-corrected chi connectivity index (χ1v) is 4.36. The van der Waals surface area contributed by atoms with Gasteiger partial charge in [0, 0.05) is 0 Å². The van der Waals surface area contributed by atoms with E-state index in [4.69, 9.17) is 10.2 Å². The van der Waals surface area contributed by atoms with Gasteiger partial charge in [-0.1, -0.05) is 4.98 Å². The zero-order chi connectivity index (χ0) is 10.7. The van der Waals surface area contributed by atoms with Crippen LogP contribution in [0.5, 0.6) is 0 Å². The highest BCUT2D eigenvalue weighted by molar-refractivity contribution is 5.31. The van der Waals surface area contributed by atoms with Crippen LogP contribution in [0.25, 0.3) is 0 Å². The summed E-state index contributed by atoms with van der Waals surface area (Å²) < 4.78 is 5.67. The Balaban J connectivity index is 2.05. The number of nitrogens with two attached hydrogens (primary N) is 1. The highest BCUT2D eigenvalue weighted by atomic mass is 16.5. The second-order valence-corrected chi connectivity index (χ2v) is 2.97. The topological polar surface area (TPSA) is 91.0 Å². The van der Waals surface area contributed by atoms with Gasteiger partial charge in [0.2, 0.25) is 0 Å². The van der Waals surface area contributed by atoms with Crippen molar-refractivity contribution < 1.29 is 9.15 Å². The number of nitrogen functional groups attached to an aromatic ring is 1. The van der Waals surface area contributed by atoms with Crippen LogP contribution in [0.2, 0.25) is 0 Å². The molecule has 0 saturated carbocycles. The number of aromatic nitrogens is 2. The predicted octanol–water partition coefficient (Wildman–Crippen LogP) is 0.502. The first-order chi connectivity index (χ1) is 7.25. The Morgan fingerprint density at radius 2 is 2.47 bits per heavy atom. The lowest BCUT2D eigenvalue weighted by atomic mass is 10.4. The summed E-state index contributed by atoms with van der Waals surface area (Å²) in [5.74, 6) is 0.925. The van der Waals surface area contributed by atoms with Gasteiger partial charge in [-0.15, -0.1) is 0 Å². The number of nitrogens with one attached hydrogen (secondary N) is 1. The van der Waals surface area contributed by atoms with E-state index in [1.165, 1.54) is 12.4 Å². The van der Waals surface area contributed by atoms with E-state index in [1.54, 1.807) is 18.4 Å². The van der Waals surface area contributed by atoms with Crippen LogP contribution in [0.4, 0.5) is 11.6 Å². The zero-order valence-corrected chi connectivity index (χ0v) is 7.88. The fourth-order valence-electron chi connectivity index (χ4n) is 1.13. The second kappa shape index (κ2) is 3.87. The number of hydrogen-bond donors (Lipinski definition) is 2. The molecule has 0 aliphatic carbocycles. The third-order valence-electron chi connectivity index (χ3n) is 1.81. The number of hydrogen-bond acceptors (Lipinski definition) is 5. The van der Waals surface area contributed by atoms with Crippen molar-refractivity contribution in [3.8, 4) is 0 Å². The molecular weight excluding hydrogens is 196 g/mol. The Hall–Kier alpha value is -2.24. The minimum atomic E-state index is 0.195. The Morgan fingerprint density at radius 1 is 1.60 bits per heavy atom. The van der Waals surface area contributed by atoms with Crippen molar-refractivity contribution in [2.75, 3.05) is 11.1 Å². The van der Waals surface area contributed by atoms with Crippen LogP contribution in [0, 0.1) is 5.21 Å². The van der Waals surface area contributed by atoms with Gasteiger partial charge < -0.3 is 15.4 Å². The van der Waals surface area contributed by atoms with Gasteiger partial charge in [0.25, 0.3) is 0 Å². The van der Waals surface area contributed by atoms with Gasteiger partial charge in [-0.05, 0) is 12.1 Å². The molecule has 0 radical (unpaired) electrons. The van der Waals surface area contributed by atoms with Crippen molar-refractivity contribution in [3.05, 3.63) is 41.8 Å². The van der Waals surface area contributed by atoms with Gasteiger partial charge in [-0.2, -0.15) is 0 Å². The Kier molecular flexibility index (Phi) is 2.40. The lowest BCUT2D eigenvalue weighted by Crippen LogP contribution is -2.32. The molecule has 2 heterocycles. The van der Waals surface area contributed by atoms with E-state index in [1.807, 2.05) is 0 Å². The first kappa shape index (κ1) is 9.32. The van der Waals surface area contributed by atoms with Gasteiger partial charge in [-0.3, -0.25) is 5.32 Å². The van der Waals surface area contributed by atoms with Crippen molar-refractivity contribution >= 4 is 11.6 Å². The predicted molar refractivity (Wildman–Crippen MR) is 53.6 cm³/mol. The molecule has 6 nitrogen and oxygen atoms in total. The third-order valence-corrected chi connectivity index (χ3v) is 1.81. The summed E-state index contributed by atoms with van der Waals surface area (Å²) in [6.07, 6.45) is 4.23. The molecule has 6 heteroatoms. The van der Waals surface area contributed by atoms with Crippen LogP contribution in [0.3, 0.4) is 0 Å². The SMILES string of the molecule is Nc1cnc(NCc2ccco2)[n+]([O-])c1. The summed E-state index contributed by atoms with van der Waals surface area (Å²) in [6.45, 7) is 0.409. The van der Waals surface area contributed by atoms with Crippen LogP contribution in [-0.2, 0) is 6.54 Å². The molecule has 78 valence electrons. The molecule has 0 saturated heterocycles. The first-order valence-electron chi connectivity index (χ1n) is 4.36. The number of nitrogens with zero attached hydrogens (tertiary/aromatic N) is 2. The van der Waals surface area contributed by atoms with Gasteiger partial charge in [-0.25, -0.2) is 4.73 Å². The highest BCUT2D eigenvalue weighted by Gasteiger charge is 2.06. The summed E-state index contributed by atoms with van der Waals surface area (Å²) >= 11 is 0. The van der Waals surface area contributed by atoms with Crippen molar-refractivity contribution in [2.45, 2.75) is 6.54 Å². The molecule has 3 N–H and O–H groups in total. The van der Waals surface area contributed by atoms with E-state index < -0.39 is 0 Å². The molecule has 2 aromatic rings. The molecule has 0 aliphatic heterocycles. The lowest BCUT2D eigenvalue weighted by molar-refractivity contribution is -0.592. The van der Waals surface area contributed by atoms with E-state index in [0.717, 1.165) is 5.76 Å². The molecule has 0 unspecified atom stereocenters. The van der Waals surface area contributed by atoms with Crippen LogP contribution < -0.4 is 15.8 Å². The fourth-order valence-corrected chi connectivity index (χ4v) is 1.13. The number of rotatable bonds is 3. The molecule has 0 aliphatic rings. The summed E-state index contributed by atoms with van der Waals surface area (Å²) in [6, 6.07) is 3.58. The summed E-state index contributed by atoms with van der Waals surface area (Å²) in [5, 5.41) is 14.1. The zero-order valence-electron chi connectivity index (χ0n) is 7.88. The largest absolute Gasteiger partial charge is 0.740 e. The van der Waals surface area contributed by atoms with E-state index in [0.29, 0.717) is 17.0 Å². The van der Waals surface area contributed by atoms with Crippen LogP contribution in [0.15, 0.2) is 35.2 Å². The van der Waals surface area contributed by atoms with E-state index in [2.05, 4.69) is 10.3 Å². The van der Waals surface area contributed by atoms with Gasteiger partial charge >= 0.3 is 5.95 Å². The minimum Gasteiger partial charge on any atom is -0.740 e. The molecule has 0 atom stereocenters. The fraction of sp³-hybridized carbons (Fsp3) is 0.111. The lowest BCUT2D eigenvalue weighted by Gasteiger charge is -2.07. The third kappa shape index (κ3) is 2.16. The Labute approximate surface area is 85.9 Å². The molecule has 0 spiro atoms. The van der Waals surface area contributed by atoms with Crippen molar-refractivity contribution in [1.82, 2.24) is 4.98 Å². The maximum absolute atomic E-state index is 11.3. The molecule has 15 heavy (non-hydrogen) atoms. The monoisotopic (exact) mass is 206 g/mol. The molecule has 0 bridgehead atoms. The number of furan rings is 1. The van der Waals surface area contributed by atoms with E-state index in [-0.39, 0.29) is 5.95 Å². The summed E-state index contributed by atoms with van der Waals surface area (Å²) in [4.78, 5) is 3.85. The summed E-state index contributed by atoms with van der Waals surface area (Å²) in [7, 11) is 0. The van der Waals surface area contributed by atoms with Gasteiger partial charge in [0.1, 0.15) is 18.5 Å².